The molecule has 2 aromatic carbocycles. The molecule has 1 saturated heterocycles. The highest BCUT2D eigenvalue weighted by atomic mass is 35.5. The first-order chi connectivity index (χ1) is 12.2. The molecule has 1 aliphatic rings. The number of nitrogens with zero attached hydrogens (tertiary/aromatic N) is 1. The van der Waals surface area contributed by atoms with Crippen LogP contribution in [-0.4, -0.2) is 16.2 Å². The first-order valence-electron chi connectivity index (χ1n) is 7.18. The zero-order valence-electron chi connectivity index (χ0n) is 12.8. The van der Waals surface area contributed by atoms with E-state index in [4.69, 9.17) is 11.6 Å². The second-order valence-electron chi connectivity index (χ2n) is 5.21. The van der Waals surface area contributed by atoms with Crippen LogP contribution in [0.2, 0.25) is 5.02 Å². The second-order valence-corrected chi connectivity index (χ2v) is 6.62. The van der Waals surface area contributed by atoms with Gasteiger partial charge in [0, 0.05) is 0 Å². The average Bonchev–Trinajstić information content (AvgIpc) is 2.90. The van der Waals surface area contributed by atoms with Crippen molar-refractivity contribution in [1.29, 1.82) is 0 Å². The van der Waals surface area contributed by atoms with Crippen molar-refractivity contribution in [2.45, 2.75) is 6.18 Å². The molecule has 1 amide bonds. The predicted molar refractivity (Wildman–Crippen MR) is 95.4 cm³/mol. The van der Waals surface area contributed by atoms with E-state index in [0.29, 0.717) is 5.56 Å². The topological polar surface area (TPSA) is 61.7 Å². The molecule has 0 radical (unpaired) electrons. The van der Waals surface area contributed by atoms with Gasteiger partial charge in [0.05, 0.1) is 21.2 Å². The Hall–Kier alpha value is -2.45. The van der Waals surface area contributed by atoms with Crippen molar-refractivity contribution >= 4 is 46.2 Å². The lowest BCUT2D eigenvalue weighted by atomic mass is 10.2. The van der Waals surface area contributed by atoms with Crippen molar-refractivity contribution in [3.05, 3.63) is 63.5 Å². The average molecular weight is 399 g/mol. The molecule has 0 unspecified atom stereocenters. The molecule has 0 aromatic heterocycles. The van der Waals surface area contributed by atoms with Gasteiger partial charge < -0.3 is 10.4 Å². The molecule has 1 fully saturated rings. The maximum absolute atomic E-state index is 12.8. The fourth-order valence-corrected chi connectivity index (χ4v) is 3.15. The van der Waals surface area contributed by atoms with Crippen LogP contribution < -0.4 is 5.32 Å². The number of nitrogens with one attached hydrogen (secondary N) is 1. The largest absolute Gasteiger partial charge is 0.506 e. The number of carbonyl (C=O) groups is 1. The quantitative estimate of drug-likeness (QED) is 0.703. The lowest BCUT2D eigenvalue weighted by Gasteiger charge is -2.06. The highest BCUT2D eigenvalue weighted by Gasteiger charge is 2.30. The Labute approximate surface area is 155 Å². The van der Waals surface area contributed by atoms with Crippen LogP contribution in [0, 0.1) is 0 Å². The van der Waals surface area contributed by atoms with Crippen LogP contribution in [0.1, 0.15) is 11.1 Å². The number of phenols is 1. The number of halogens is 4. The van der Waals surface area contributed by atoms with Crippen molar-refractivity contribution in [3.63, 3.8) is 0 Å². The van der Waals surface area contributed by atoms with Crippen molar-refractivity contribution in [3.8, 4) is 5.75 Å². The highest BCUT2D eigenvalue weighted by molar-refractivity contribution is 8.18. The number of thioether (sulfide) groups is 1. The van der Waals surface area contributed by atoms with Gasteiger partial charge in [0.2, 0.25) is 0 Å². The Morgan fingerprint density at radius 2 is 1.92 bits per heavy atom. The number of rotatable bonds is 2. The smallest absolute Gasteiger partial charge is 0.416 e. The minimum atomic E-state index is -4.47. The van der Waals surface area contributed by atoms with Gasteiger partial charge in [0.1, 0.15) is 5.75 Å². The zero-order valence-corrected chi connectivity index (χ0v) is 14.4. The van der Waals surface area contributed by atoms with E-state index in [1.165, 1.54) is 24.3 Å². The highest BCUT2D eigenvalue weighted by Crippen LogP contribution is 2.34. The summed E-state index contributed by atoms with van der Waals surface area (Å²) < 4.78 is 38.3. The number of aliphatic imine (C=N–C) groups is 1. The lowest BCUT2D eigenvalue weighted by Crippen LogP contribution is -2.19. The standard InChI is InChI=1S/C17H10ClF3N2O2S/c18-14-9(3-1-6-12(14)24)7-13-15(25)23-16(26-13)22-11-5-2-4-10(8-11)17(19,20)21/h1-8,24H,(H,22,23,25). The Bertz CT molecular complexity index is 942. The Kier molecular flexibility index (Phi) is 4.97. The van der Waals surface area contributed by atoms with E-state index in [1.54, 1.807) is 12.1 Å². The molecule has 26 heavy (non-hydrogen) atoms. The molecular weight excluding hydrogens is 389 g/mol. The summed E-state index contributed by atoms with van der Waals surface area (Å²) in [6.07, 6.45) is -3.00. The van der Waals surface area contributed by atoms with Crippen LogP contribution in [0.15, 0.2) is 52.4 Å². The third kappa shape index (κ3) is 4.03. The number of amidine groups is 1. The van der Waals surface area contributed by atoms with Gasteiger partial charge in [-0.1, -0.05) is 29.8 Å². The van der Waals surface area contributed by atoms with Crippen molar-refractivity contribution in [1.82, 2.24) is 5.32 Å². The van der Waals surface area contributed by atoms with E-state index >= 15 is 0 Å². The van der Waals surface area contributed by atoms with Gasteiger partial charge >= 0.3 is 6.18 Å². The summed E-state index contributed by atoms with van der Waals surface area (Å²) >= 11 is 6.94. The molecule has 0 bridgehead atoms. The molecule has 1 aliphatic heterocycles. The molecule has 4 nitrogen and oxygen atoms in total. The van der Waals surface area contributed by atoms with Gasteiger partial charge in [-0.2, -0.15) is 13.2 Å². The molecule has 3 rings (SSSR count). The van der Waals surface area contributed by atoms with Crippen LogP contribution >= 0.6 is 23.4 Å². The van der Waals surface area contributed by atoms with E-state index < -0.39 is 17.6 Å². The third-order valence-corrected chi connectivity index (χ3v) is 4.67. The molecule has 0 saturated carbocycles. The Morgan fingerprint density at radius 1 is 1.19 bits per heavy atom. The summed E-state index contributed by atoms with van der Waals surface area (Å²) in [4.78, 5) is 16.3. The van der Waals surface area contributed by atoms with E-state index in [0.717, 1.165) is 23.9 Å². The lowest BCUT2D eigenvalue weighted by molar-refractivity contribution is -0.137. The number of benzene rings is 2. The van der Waals surface area contributed by atoms with Crippen molar-refractivity contribution < 1.29 is 23.1 Å². The number of aromatic hydroxyl groups is 1. The van der Waals surface area contributed by atoms with Crippen LogP contribution in [-0.2, 0) is 11.0 Å². The van der Waals surface area contributed by atoms with Crippen LogP contribution in [0.3, 0.4) is 0 Å². The molecular formula is C17H10ClF3N2O2S. The molecule has 2 N–H and O–H groups in total. The SMILES string of the molecule is O=C1NC(=Nc2cccc(C(F)(F)F)c2)SC1=Cc1cccc(O)c1Cl. The van der Waals surface area contributed by atoms with Crippen molar-refractivity contribution in [2.75, 3.05) is 0 Å². The fraction of sp³-hybridized carbons (Fsp3) is 0.0588. The number of alkyl halides is 3. The summed E-state index contributed by atoms with van der Waals surface area (Å²) in [5.74, 6) is -0.581. The number of hydrogen-bond donors (Lipinski definition) is 2. The number of amides is 1. The number of hydrogen-bond acceptors (Lipinski definition) is 4. The molecule has 2 aromatic rings. The van der Waals surface area contributed by atoms with E-state index in [-0.39, 0.29) is 26.5 Å². The molecule has 0 atom stereocenters. The minimum absolute atomic E-state index is 0.0688. The summed E-state index contributed by atoms with van der Waals surface area (Å²) in [7, 11) is 0. The van der Waals surface area contributed by atoms with E-state index in [1.807, 2.05) is 0 Å². The van der Waals surface area contributed by atoms with E-state index in [9.17, 15) is 23.1 Å². The Morgan fingerprint density at radius 3 is 2.65 bits per heavy atom. The second kappa shape index (κ2) is 7.05. The molecule has 0 spiro atoms. The summed E-state index contributed by atoms with van der Waals surface area (Å²) in [6, 6.07) is 9.09. The third-order valence-electron chi connectivity index (χ3n) is 3.35. The molecule has 9 heteroatoms. The number of carbonyl (C=O) groups excluding carboxylic acids is 1. The first-order valence-corrected chi connectivity index (χ1v) is 8.38. The normalized spacial score (nSPS) is 17.8. The van der Waals surface area contributed by atoms with Gasteiger partial charge in [-0.05, 0) is 47.7 Å². The summed E-state index contributed by atoms with van der Waals surface area (Å²) in [6.45, 7) is 0. The number of phenolic OH excluding ortho intramolecular Hbond substituents is 1. The molecule has 134 valence electrons. The van der Waals surface area contributed by atoms with E-state index in [2.05, 4.69) is 10.3 Å². The van der Waals surface area contributed by atoms with Crippen LogP contribution in [0.5, 0.6) is 5.75 Å². The zero-order chi connectivity index (χ0) is 18.9. The maximum atomic E-state index is 12.8. The van der Waals surface area contributed by atoms with Gasteiger partial charge in [0.15, 0.2) is 5.17 Å². The van der Waals surface area contributed by atoms with Crippen LogP contribution in [0.25, 0.3) is 6.08 Å². The minimum Gasteiger partial charge on any atom is -0.506 e. The van der Waals surface area contributed by atoms with Crippen molar-refractivity contribution in [2.24, 2.45) is 4.99 Å². The maximum Gasteiger partial charge on any atom is 0.416 e. The first kappa shape index (κ1) is 18.3. The van der Waals surface area contributed by atoms with Gasteiger partial charge in [-0.15, -0.1) is 0 Å². The summed E-state index contributed by atoms with van der Waals surface area (Å²) in [5, 5.41) is 12.3. The van der Waals surface area contributed by atoms with Crippen LogP contribution in [0.4, 0.5) is 18.9 Å². The Balaban J connectivity index is 1.87. The molecule has 0 aliphatic carbocycles. The predicted octanol–water partition coefficient (Wildman–Crippen LogP) is 4.96. The van der Waals surface area contributed by atoms with Gasteiger partial charge in [-0.3, -0.25) is 4.79 Å². The fourth-order valence-electron chi connectivity index (χ4n) is 2.14. The monoisotopic (exact) mass is 398 g/mol. The summed E-state index contributed by atoms with van der Waals surface area (Å²) in [5.41, 5.74) is -0.320. The van der Waals surface area contributed by atoms with Gasteiger partial charge in [0.25, 0.3) is 5.91 Å². The molecule has 1 heterocycles. The van der Waals surface area contributed by atoms with Gasteiger partial charge in [-0.25, -0.2) is 4.99 Å².